The number of piperidine rings is 1. The minimum atomic E-state index is -0.440. The zero-order valence-electron chi connectivity index (χ0n) is 12.7. The second-order valence-electron chi connectivity index (χ2n) is 5.19. The van der Waals surface area contributed by atoms with Gasteiger partial charge in [-0.1, -0.05) is 30.3 Å². The Balaban J connectivity index is 1.67. The van der Waals surface area contributed by atoms with Crippen LogP contribution in [0.25, 0.3) is 0 Å². The minimum Gasteiger partial charge on any atom is -0.465 e. The van der Waals surface area contributed by atoms with E-state index in [1.807, 2.05) is 30.3 Å². The summed E-state index contributed by atoms with van der Waals surface area (Å²) in [6.45, 7) is 2.94. The molecule has 1 saturated heterocycles. The van der Waals surface area contributed by atoms with Crippen LogP contribution < -0.4 is 10.6 Å². The second-order valence-corrected chi connectivity index (χ2v) is 5.19. The predicted octanol–water partition coefficient (Wildman–Crippen LogP) is 1.60. The fourth-order valence-corrected chi connectivity index (χ4v) is 2.36. The van der Waals surface area contributed by atoms with Gasteiger partial charge in [0.15, 0.2) is 0 Å². The second kappa shape index (κ2) is 8.38. The van der Waals surface area contributed by atoms with Crippen molar-refractivity contribution in [3.63, 3.8) is 0 Å². The van der Waals surface area contributed by atoms with Crippen LogP contribution in [0.5, 0.6) is 0 Å². The first-order valence-electron chi connectivity index (χ1n) is 7.56. The summed E-state index contributed by atoms with van der Waals surface area (Å²) in [5.74, 6) is -0.229. The molecule has 0 unspecified atom stereocenters. The highest BCUT2D eigenvalue weighted by molar-refractivity contribution is 5.76. The van der Waals surface area contributed by atoms with Gasteiger partial charge in [-0.05, 0) is 25.3 Å². The Labute approximate surface area is 130 Å². The summed E-state index contributed by atoms with van der Waals surface area (Å²) in [7, 11) is 0. The minimum absolute atomic E-state index is 0.0334. The van der Waals surface area contributed by atoms with Gasteiger partial charge in [0.2, 0.25) is 0 Å². The molecule has 6 nitrogen and oxygen atoms in total. The van der Waals surface area contributed by atoms with Crippen LogP contribution in [0.3, 0.4) is 0 Å². The molecule has 1 amide bonds. The quantitative estimate of drug-likeness (QED) is 0.808. The zero-order valence-corrected chi connectivity index (χ0v) is 12.7. The summed E-state index contributed by atoms with van der Waals surface area (Å²) in [4.78, 5) is 23.3. The number of ether oxygens (including phenoxy) is 2. The highest BCUT2D eigenvalue weighted by Gasteiger charge is 2.27. The molecule has 0 aliphatic carbocycles. The fraction of sp³-hybridized carbons (Fsp3) is 0.500. The van der Waals surface area contributed by atoms with Crippen LogP contribution in [0, 0.1) is 0 Å². The normalized spacial score (nSPS) is 21.0. The number of esters is 1. The summed E-state index contributed by atoms with van der Waals surface area (Å²) < 4.78 is 10.1. The Morgan fingerprint density at radius 2 is 2.00 bits per heavy atom. The van der Waals surface area contributed by atoms with E-state index in [-0.39, 0.29) is 24.7 Å². The van der Waals surface area contributed by atoms with Crippen LogP contribution in [0.1, 0.15) is 25.3 Å². The summed E-state index contributed by atoms with van der Waals surface area (Å²) in [5.41, 5.74) is 0.946. The molecule has 1 aliphatic heterocycles. The average molecular weight is 306 g/mol. The topological polar surface area (TPSA) is 76.7 Å². The first-order valence-corrected chi connectivity index (χ1v) is 7.56. The molecule has 1 aliphatic rings. The van der Waals surface area contributed by atoms with Gasteiger partial charge in [-0.3, -0.25) is 4.79 Å². The number of alkyl carbamates (subject to hydrolysis) is 1. The van der Waals surface area contributed by atoms with Gasteiger partial charge >= 0.3 is 12.1 Å². The average Bonchev–Trinajstić information content (AvgIpc) is 2.55. The molecule has 0 saturated carbocycles. The van der Waals surface area contributed by atoms with Gasteiger partial charge in [-0.2, -0.15) is 0 Å². The van der Waals surface area contributed by atoms with E-state index < -0.39 is 6.09 Å². The van der Waals surface area contributed by atoms with E-state index in [0.717, 1.165) is 12.0 Å². The fourth-order valence-electron chi connectivity index (χ4n) is 2.36. The van der Waals surface area contributed by atoms with Crippen LogP contribution in [0.4, 0.5) is 4.79 Å². The summed E-state index contributed by atoms with van der Waals surface area (Å²) in [5, 5.41) is 5.89. The van der Waals surface area contributed by atoms with Gasteiger partial charge < -0.3 is 20.1 Å². The molecule has 0 spiro atoms. The lowest BCUT2D eigenvalue weighted by Gasteiger charge is -2.28. The molecule has 1 aromatic rings. The molecule has 120 valence electrons. The van der Waals surface area contributed by atoms with Crippen LogP contribution >= 0.6 is 0 Å². The lowest BCUT2D eigenvalue weighted by molar-refractivity contribution is -0.146. The smallest absolute Gasteiger partial charge is 0.407 e. The van der Waals surface area contributed by atoms with Gasteiger partial charge in [-0.25, -0.2) is 4.79 Å². The molecular formula is C16H22N2O4. The predicted molar refractivity (Wildman–Crippen MR) is 81.2 cm³/mol. The largest absolute Gasteiger partial charge is 0.465 e. The molecule has 0 aromatic heterocycles. The van der Waals surface area contributed by atoms with E-state index in [2.05, 4.69) is 10.6 Å². The molecule has 1 aromatic carbocycles. The van der Waals surface area contributed by atoms with E-state index >= 15 is 0 Å². The maximum Gasteiger partial charge on any atom is 0.407 e. The van der Waals surface area contributed by atoms with E-state index in [0.29, 0.717) is 19.6 Å². The van der Waals surface area contributed by atoms with E-state index in [1.54, 1.807) is 6.92 Å². The van der Waals surface area contributed by atoms with Crippen LogP contribution in [0.15, 0.2) is 30.3 Å². The van der Waals surface area contributed by atoms with Crippen molar-refractivity contribution in [1.29, 1.82) is 0 Å². The third kappa shape index (κ3) is 5.04. The number of amides is 1. The van der Waals surface area contributed by atoms with Crippen molar-refractivity contribution in [2.45, 2.75) is 38.5 Å². The Morgan fingerprint density at radius 1 is 1.23 bits per heavy atom. The molecule has 1 heterocycles. The zero-order chi connectivity index (χ0) is 15.8. The molecule has 0 radical (unpaired) electrons. The Morgan fingerprint density at radius 3 is 2.64 bits per heavy atom. The summed E-state index contributed by atoms with van der Waals surface area (Å²) >= 11 is 0. The monoisotopic (exact) mass is 306 g/mol. The van der Waals surface area contributed by atoms with E-state index in [1.165, 1.54) is 0 Å². The molecule has 0 bridgehead atoms. The van der Waals surface area contributed by atoms with Crippen molar-refractivity contribution in [3.05, 3.63) is 35.9 Å². The molecule has 2 rings (SSSR count). The van der Waals surface area contributed by atoms with Crippen molar-refractivity contribution >= 4 is 12.1 Å². The summed E-state index contributed by atoms with van der Waals surface area (Å²) in [6.07, 6.45) is 0.921. The lowest BCUT2D eigenvalue weighted by Crippen LogP contribution is -2.52. The van der Waals surface area contributed by atoms with Crippen molar-refractivity contribution < 1.29 is 19.1 Å². The van der Waals surface area contributed by atoms with Crippen molar-refractivity contribution in [2.75, 3.05) is 13.2 Å². The third-order valence-corrected chi connectivity index (χ3v) is 3.52. The number of benzene rings is 1. The number of rotatable bonds is 5. The molecule has 2 atom stereocenters. The Bertz CT molecular complexity index is 484. The number of nitrogens with one attached hydrogen (secondary N) is 2. The highest BCUT2D eigenvalue weighted by Crippen LogP contribution is 2.10. The van der Waals surface area contributed by atoms with E-state index in [4.69, 9.17) is 9.47 Å². The van der Waals surface area contributed by atoms with Gasteiger partial charge in [0.1, 0.15) is 12.6 Å². The van der Waals surface area contributed by atoms with Crippen LogP contribution in [-0.2, 0) is 20.9 Å². The van der Waals surface area contributed by atoms with Gasteiger partial charge in [0.05, 0.1) is 6.61 Å². The van der Waals surface area contributed by atoms with Crippen molar-refractivity contribution in [2.24, 2.45) is 0 Å². The molecular weight excluding hydrogens is 284 g/mol. The molecule has 2 N–H and O–H groups in total. The maximum absolute atomic E-state index is 11.7. The SMILES string of the molecule is CCOC(=O)[C@H]1CC[C@H](NC(=O)OCc2ccccc2)CN1. The van der Waals surface area contributed by atoms with Crippen LogP contribution in [0.2, 0.25) is 0 Å². The molecule has 22 heavy (non-hydrogen) atoms. The van der Waals surface area contributed by atoms with Crippen molar-refractivity contribution in [3.8, 4) is 0 Å². The number of hydrogen-bond acceptors (Lipinski definition) is 5. The lowest BCUT2D eigenvalue weighted by atomic mass is 10.0. The summed E-state index contributed by atoms with van der Waals surface area (Å²) in [6, 6.07) is 9.21. The highest BCUT2D eigenvalue weighted by atomic mass is 16.5. The van der Waals surface area contributed by atoms with Crippen LogP contribution in [-0.4, -0.2) is 37.3 Å². The number of carbonyl (C=O) groups is 2. The molecule has 6 heteroatoms. The van der Waals surface area contributed by atoms with Gasteiger partial charge in [0, 0.05) is 12.6 Å². The van der Waals surface area contributed by atoms with Crippen molar-refractivity contribution in [1.82, 2.24) is 10.6 Å². The number of carbonyl (C=O) groups excluding carboxylic acids is 2. The van der Waals surface area contributed by atoms with Gasteiger partial charge in [0.25, 0.3) is 0 Å². The Hall–Kier alpha value is -2.08. The van der Waals surface area contributed by atoms with E-state index in [9.17, 15) is 9.59 Å². The maximum atomic E-state index is 11.7. The standard InChI is InChI=1S/C16H22N2O4/c1-2-21-15(19)14-9-8-13(10-17-14)18-16(20)22-11-12-6-4-3-5-7-12/h3-7,13-14,17H,2,8-11H2,1H3,(H,18,20)/t13-,14+/m0/s1. The first kappa shape index (κ1) is 16.3. The van der Waals surface area contributed by atoms with Gasteiger partial charge in [-0.15, -0.1) is 0 Å². The first-order chi connectivity index (χ1) is 10.7. The molecule has 1 fully saturated rings. The Kier molecular flexibility index (Phi) is 6.21. The number of hydrogen-bond donors (Lipinski definition) is 2. The third-order valence-electron chi connectivity index (χ3n) is 3.52.